The summed E-state index contributed by atoms with van der Waals surface area (Å²) in [5.41, 5.74) is 3.83. The number of benzene rings is 5. The van der Waals surface area contributed by atoms with E-state index >= 15 is 0 Å². The summed E-state index contributed by atoms with van der Waals surface area (Å²) in [4.78, 5) is 27.2. The zero-order valence-corrected chi connectivity index (χ0v) is 22.7. The fraction of sp³-hybridized carbons (Fsp3) is 0.0588. The van der Waals surface area contributed by atoms with Crippen molar-refractivity contribution in [2.75, 3.05) is 10.6 Å². The van der Waals surface area contributed by atoms with Crippen LogP contribution >= 0.6 is 11.8 Å². The highest BCUT2D eigenvalue weighted by molar-refractivity contribution is 8.00. The molecule has 0 aliphatic carbocycles. The Morgan fingerprint density at radius 2 is 1.32 bits per heavy atom. The molecule has 0 aliphatic heterocycles. The van der Waals surface area contributed by atoms with Crippen molar-refractivity contribution < 1.29 is 14.3 Å². The predicted molar refractivity (Wildman–Crippen MR) is 162 cm³/mol. The molecule has 2 amide bonds. The molecule has 0 spiro atoms. The van der Waals surface area contributed by atoms with Gasteiger partial charge in [0.2, 0.25) is 5.91 Å². The van der Waals surface area contributed by atoms with Gasteiger partial charge in [0.15, 0.2) is 0 Å². The first-order chi connectivity index (χ1) is 19.5. The first kappa shape index (κ1) is 26.8. The van der Waals surface area contributed by atoms with Gasteiger partial charge in [0, 0.05) is 21.8 Å². The zero-order chi connectivity index (χ0) is 27.7. The molecule has 5 aromatic rings. The molecule has 5 aromatic carbocycles. The van der Waals surface area contributed by atoms with Crippen molar-refractivity contribution in [3.63, 3.8) is 0 Å². The largest absolute Gasteiger partial charge is 0.457 e. The van der Waals surface area contributed by atoms with Crippen LogP contribution in [0.5, 0.6) is 11.5 Å². The van der Waals surface area contributed by atoms with Crippen LogP contribution in [-0.2, 0) is 4.79 Å². The van der Waals surface area contributed by atoms with Crippen LogP contribution in [0.3, 0.4) is 0 Å². The Hall–Kier alpha value is -4.81. The SMILES string of the molecule is Cc1cccc(C(=O)Nc2cccc(SC(C(=O)Nc3ccc(Oc4ccccc4)cc3)c3ccccc3)c2)c1. The van der Waals surface area contributed by atoms with Gasteiger partial charge in [0.05, 0.1) is 0 Å². The number of carbonyl (C=O) groups excluding carboxylic acids is 2. The van der Waals surface area contributed by atoms with Gasteiger partial charge in [-0.05, 0) is 79.2 Å². The fourth-order valence-electron chi connectivity index (χ4n) is 4.11. The quantitative estimate of drug-likeness (QED) is 0.183. The van der Waals surface area contributed by atoms with Gasteiger partial charge >= 0.3 is 0 Å². The smallest absolute Gasteiger partial charge is 0.255 e. The van der Waals surface area contributed by atoms with Gasteiger partial charge in [0.25, 0.3) is 5.91 Å². The van der Waals surface area contributed by atoms with Crippen LogP contribution in [0.25, 0.3) is 0 Å². The summed E-state index contributed by atoms with van der Waals surface area (Å²) >= 11 is 1.43. The highest BCUT2D eigenvalue weighted by atomic mass is 32.2. The first-order valence-electron chi connectivity index (χ1n) is 12.9. The van der Waals surface area contributed by atoms with Crippen molar-refractivity contribution in [3.05, 3.63) is 150 Å². The van der Waals surface area contributed by atoms with Gasteiger partial charge < -0.3 is 15.4 Å². The average molecular weight is 545 g/mol. The molecule has 40 heavy (non-hydrogen) atoms. The van der Waals surface area contributed by atoms with E-state index in [0.717, 1.165) is 21.8 Å². The summed E-state index contributed by atoms with van der Waals surface area (Å²) in [6.07, 6.45) is 0. The minimum absolute atomic E-state index is 0.151. The molecule has 0 radical (unpaired) electrons. The van der Waals surface area contributed by atoms with Crippen molar-refractivity contribution >= 4 is 35.0 Å². The van der Waals surface area contributed by atoms with Gasteiger partial charge in [-0.3, -0.25) is 9.59 Å². The van der Waals surface area contributed by atoms with E-state index in [9.17, 15) is 9.59 Å². The Labute approximate surface area is 238 Å². The minimum atomic E-state index is -0.510. The van der Waals surface area contributed by atoms with Crippen LogP contribution in [0.15, 0.2) is 138 Å². The normalized spacial score (nSPS) is 11.3. The van der Waals surface area contributed by atoms with Gasteiger partial charge in [-0.1, -0.05) is 72.3 Å². The molecular formula is C34H28N2O3S. The molecule has 2 N–H and O–H groups in total. The summed E-state index contributed by atoms with van der Waals surface area (Å²) in [5.74, 6) is 1.10. The molecule has 1 unspecified atom stereocenters. The Bertz CT molecular complexity index is 1590. The van der Waals surface area contributed by atoms with Crippen LogP contribution in [0.2, 0.25) is 0 Å². The molecule has 0 fully saturated rings. The molecule has 5 nitrogen and oxygen atoms in total. The number of thioether (sulfide) groups is 1. The molecule has 198 valence electrons. The van der Waals surface area contributed by atoms with Gasteiger partial charge in [-0.15, -0.1) is 11.8 Å². The van der Waals surface area contributed by atoms with E-state index in [4.69, 9.17) is 4.74 Å². The lowest BCUT2D eigenvalue weighted by atomic mass is 10.1. The number of para-hydroxylation sites is 1. The van der Waals surface area contributed by atoms with Crippen molar-refractivity contribution in [1.29, 1.82) is 0 Å². The van der Waals surface area contributed by atoms with Crippen LogP contribution in [0, 0.1) is 6.92 Å². The number of hydrogen-bond acceptors (Lipinski definition) is 4. The topological polar surface area (TPSA) is 67.4 Å². The second kappa shape index (κ2) is 12.8. The summed E-state index contributed by atoms with van der Waals surface area (Å²) in [6, 6.07) is 41.5. The Morgan fingerprint density at radius 1 is 0.650 bits per heavy atom. The number of rotatable bonds is 9. The number of hydrogen-bond donors (Lipinski definition) is 2. The highest BCUT2D eigenvalue weighted by Crippen LogP contribution is 2.37. The van der Waals surface area contributed by atoms with E-state index in [1.807, 2.05) is 134 Å². The van der Waals surface area contributed by atoms with E-state index in [1.54, 1.807) is 6.07 Å². The molecule has 0 aromatic heterocycles. The number of carbonyl (C=O) groups is 2. The van der Waals surface area contributed by atoms with Crippen LogP contribution < -0.4 is 15.4 Å². The average Bonchev–Trinajstić information content (AvgIpc) is 2.98. The number of anilines is 2. The second-order valence-electron chi connectivity index (χ2n) is 9.19. The third-order valence-electron chi connectivity index (χ3n) is 6.07. The maximum Gasteiger partial charge on any atom is 0.255 e. The second-order valence-corrected chi connectivity index (χ2v) is 10.4. The Morgan fingerprint density at radius 3 is 2.05 bits per heavy atom. The summed E-state index contributed by atoms with van der Waals surface area (Å²) in [6.45, 7) is 1.95. The number of nitrogens with one attached hydrogen (secondary N) is 2. The fourth-order valence-corrected chi connectivity index (χ4v) is 5.20. The molecule has 1 atom stereocenters. The summed E-state index contributed by atoms with van der Waals surface area (Å²) in [5, 5.41) is 5.50. The van der Waals surface area contributed by atoms with Crippen molar-refractivity contribution in [2.45, 2.75) is 17.1 Å². The zero-order valence-electron chi connectivity index (χ0n) is 21.9. The van der Waals surface area contributed by atoms with E-state index < -0.39 is 5.25 Å². The van der Waals surface area contributed by atoms with E-state index in [1.165, 1.54) is 11.8 Å². The van der Waals surface area contributed by atoms with Gasteiger partial charge in [0.1, 0.15) is 16.7 Å². The Balaban J connectivity index is 1.30. The number of aryl methyl sites for hydroxylation is 1. The van der Waals surface area contributed by atoms with Gasteiger partial charge in [-0.2, -0.15) is 0 Å². The molecule has 0 bridgehead atoms. The molecule has 0 saturated heterocycles. The van der Waals surface area contributed by atoms with E-state index in [0.29, 0.717) is 22.7 Å². The maximum atomic E-state index is 13.5. The van der Waals surface area contributed by atoms with Crippen molar-refractivity contribution in [1.82, 2.24) is 0 Å². The lowest BCUT2D eigenvalue weighted by Crippen LogP contribution is -2.19. The predicted octanol–water partition coefficient (Wildman–Crippen LogP) is 8.51. The molecule has 0 saturated carbocycles. The van der Waals surface area contributed by atoms with E-state index in [2.05, 4.69) is 10.6 Å². The Kier molecular flexibility index (Phi) is 8.59. The third kappa shape index (κ3) is 7.18. The lowest BCUT2D eigenvalue weighted by Gasteiger charge is -2.18. The van der Waals surface area contributed by atoms with Crippen molar-refractivity contribution in [3.8, 4) is 11.5 Å². The van der Waals surface area contributed by atoms with Gasteiger partial charge in [-0.25, -0.2) is 0 Å². The summed E-state index contributed by atoms with van der Waals surface area (Å²) in [7, 11) is 0. The van der Waals surface area contributed by atoms with Crippen LogP contribution in [0.1, 0.15) is 26.7 Å². The lowest BCUT2D eigenvalue weighted by molar-refractivity contribution is -0.115. The standard InChI is InChI=1S/C34H28N2O3S/c1-24-10-8-13-26(22-24)33(37)36-28-14-9-17-31(23-28)40-32(25-11-4-2-5-12-25)34(38)35-27-18-20-30(21-19-27)39-29-15-6-3-7-16-29/h2-23,32H,1H3,(H,35,38)(H,36,37). The molecule has 0 aliphatic rings. The number of ether oxygens (including phenoxy) is 1. The molecular weight excluding hydrogens is 516 g/mol. The van der Waals surface area contributed by atoms with Crippen LogP contribution in [-0.4, -0.2) is 11.8 Å². The first-order valence-corrected chi connectivity index (χ1v) is 13.7. The molecule has 6 heteroatoms. The summed E-state index contributed by atoms with van der Waals surface area (Å²) < 4.78 is 5.86. The van der Waals surface area contributed by atoms with Crippen molar-refractivity contribution in [2.24, 2.45) is 0 Å². The van der Waals surface area contributed by atoms with Crippen LogP contribution in [0.4, 0.5) is 11.4 Å². The monoisotopic (exact) mass is 544 g/mol. The minimum Gasteiger partial charge on any atom is -0.457 e. The highest BCUT2D eigenvalue weighted by Gasteiger charge is 2.22. The van der Waals surface area contributed by atoms with E-state index in [-0.39, 0.29) is 11.8 Å². The number of amides is 2. The molecule has 5 rings (SSSR count). The maximum absolute atomic E-state index is 13.5. The molecule has 0 heterocycles. The third-order valence-corrected chi connectivity index (χ3v) is 7.32.